The molecule has 1 aliphatic carbocycles. The summed E-state index contributed by atoms with van der Waals surface area (Å²) in [4.78, 5) is 2.51. The van der Waals surface area contributed by atoms with E-state index in [1.54, 1.807) is 0 Å². The highest BCUT2D eigenvalue weighted by molar-refractivity contribution is 7.15. The summed E-state index contributed by atoms with van der Waals surface area (Å²) in [5.41, 5.74) is 2.53. The second kappa shape index (κ2) is 5.07. The van der Waals surface area contributed by atoms with Crippen molar-refractivity contribution >= 4 is 16.5 Å². The van der Waals surface area contributed by atoms with Gasteiger partial charge in [0.1, 0.15) is 5.01 Å². The second-order valence-corrected chi connectivity index (χ2v) is 5.76. The van der Waals surface area contributed by atoms with E-state index in [0.717, 1.165) is 24.1 Å². The van der Waals surface area contributed by atoms with Gasteiger partial charge >= 0.3 is 0 Å². The van der Waals surface area contributed by atoms with Crippen LogP contribution in [0, 0.1) is 5.92 Å². The van der Waals surface area contributed by atoms with Crippen LogP contribution in [-0.2, 0) is 6.54 Å². The molecule has 0 atom stereocenters. The Morgan fingerprint density at radius 3 is 2.75 bits per heavy atom. The first-order chi connectivity index (χ1) is 7.69. The van der Waals surface area contributed by atoms with Crippen molar-refractivity contribution in [2.45, 2.75) is 39.3 Å². The summed E-state index contributed by atoms with van der Waals surface area (Å²) >= 11 is 1.53. The van der Waals surface area contributed by atoms with Gasteiger partial charge in [0.05, 0.1) is 6.54 Å². The van der Waals surface area contributed by atoms with Gasteiger partial charge in [-0.1, -0.05) is 25.2 Å². The van der Waals surface area contributed by atoms with Crippen LogP contribution in [0.15, 0.2) is 0 Å². The number of rotatable bonds is 6. The van der Waals surface area contributed by atoms with Crippen LogP contribution in [0.3, 0.4) is 0 Å². The van der Waals surface area contributed by atoms with E-state index in [2.05, 4.69) is 34.4 Å². The fourth-order valence-electron chi connectivity index (χ4n) is 1.80. The molecular weight excluding hydrogens is 222 g/mol. The number of nitrogens with zero attached hydrogens (tertiary/aromatic N) is 3. The van der Waals surface area contributed by atoms with Crippen molar-refractivity contribution in [2.75, 3.05) is 12.0 Å². The maximum Gasteiger partial charge on any atom is 0.219 e. The lowest BCUT2D eigenvalue weighted by Crippen LogP contribution is -2.29. The molecule has 0 spiro atoms. The van der Waals surface area contributed by atoms with E-state index < -0.39 is 0 Å². The van der Waals surface area contributed by atoms with Crippen molar-refractivity contribution < 1.29 is 0 Å². The fourth-order valence-corrected chi connectivity index (χ4v) is 2.48. The van der Waals surface area contributed by atoms with Gasteiger partial charge in [0, 0.05) is 12.6 Å². The molecule has 0 saturated heterocycles. The third-order valence-electron chi connectivity index (χ3n) is 2.59. The van der Waals surface area contributed by atoms with Gasteiger partial charge in [0.2, 0.25) is 5.13 Å². The Morgan fingerprint density at radius 2 is 2.25 bits per heavy atom. The van der Waals surface area contributed by atoms with Gasteiger partial charge in [-0.15, -0.1) is 10.2 Å². The summed E-state index contributed by atoms with van der Waals surface area (Å²) in [5, 5.41) is 9.81. The quantitative estimate of drug-likeness (QED) is 0.583. The molecule has 1 saturated carbocycles. The minimum atomic E-state index is 0.690. The zero-order valence-corrected chi connectivity index (χ0v) is 10.6. The Labute approximate surface area is 100 Å². The standard InChI is InChI=1S/C10H19N5S/c1-7(2)5-15(8-3-4-8)6-9-13-14-10(12-11)16-9/h7-8H,3-6,11H2,1-2H3,(H,12,14). The van der Waals surface area contributed by atoms with E-state index in [1.165, 1.54) is 24.2 Å². The SMILES string of the molecule is CC(C)CN(Cc1nnc(NN)s1)C1CC1. The summed E-state index contributed by atoms with van der Waals surface area (Å²) in [6.45, 7) is 6.54. The molecule has 1 fully saturated rings. The van der Waals surface area contributed by atoms with Gasteiger partial charge in [-0.25, -0.2) is 5.84 Å². The topological polar surface area (TPSA) is 67.1 Å². The number of hydrogen-bond donors (Lipinski definition) is 2. The van der Waals surface area contributed by atoms with Crippen LogP contribution in [0.25, 0.3) is 0 Å². The van der Waals surface area contributed by atoms with Crippen LogP contribution < -0.4 is 11.3 Å². The summed E-state index contributed by atoms with van der Waals surface area (Å²) < 4.78 is 0. The van der Waals surface area contributed by atoms with Crippen molar-refractivity contribution in [3.8, 4) is 0 Å². The second-order valence-electron chi connectivity index (χ2n) is 4.70. The minimum absolute atomic E-state index is 0.690. The lowest BCUT2D eigenvalue weighted by atomic mass is 10.2. The molecule has 2 rings (SSSR count). The zero-order valence-electron chi connectivity index (χ0n) is 9.81. The number of hydrogen-bond acceptors (Lipinski definition) is 6. The molecule has 3 N–H and O–H groups in total. The van der Waals surface area contributed by atoms with E-state index in [4.69, 9.17) is 5.84 Å². The summed E-state index contributed by atoms with van der Waals surface area (Å²) in [7, 11) is 0. The van der Waals surface area contributed by atoms with Crippen molar-refractivity contribution in [1.82, 2.24) is 15.1 Å². The molecule has 1 aliphatic rings. The minimum Gasteiger partial charge on any atom is -0.298 e. The Kier molecular flexibility index (Phi) is 3.73. The Morgan fingerprint density at radius 1 is 1.50 bits per heavy atom. The molecule has 0 radical (unpaired) electrons. The van der Waals surface area contributed by atoms with Crippen LogP contribution in [0.2, 0.25) is 0 Å². The normalized spacial score (nSPS) is 16.1. The molecule has 6 heteroatoms. The molecule has 90 valence electrons. The molecule has 16 heavy (non-hydrogen) atoms. The monoisotopic (exact) mass is 241 g/mol. The molecule has 1 heterocycles. The Hall–Kier alpha value is -0.720. The first-order valence-corrected chi connectivity index (χ1v) is 6.53. The largest absolute Gasteiger partial charge is 0.298 e. The summed E-state index contributed by atoms with van der Waals surface area (Å²) in [6.07, 6.45) is 2.65. The van der Waals surface area contributed by atoms with Crippen LogP contribution >= 0.6 is 11.3 Å². The van der Waals surface area contributed by atoms with Crippen LogP contribution in [0.5, 0.6) is 0 Å². The third-order valence-corrected chi connectivity index (χ3v) is 3.43. The molecule has 5 nitrogen and oxygen atoms in total. The number of anilines is 1. The predicted octanol–water partition coefficient (Wildman–Crippen LogP) is 1.44. The lowest BCUT2D eigenvalue weighted by Gasteiger charge is -2.22. The Bertz CT molecular complexity index is 334. The number of hydrazine groups is 1. The molecule has 0 aliphatic heterocycles. The molecule has 1 aromatic rings. The first-order valence-electron chi connectivity index (χ1n) is 5.72. The smallest absolute Gasteiger partial charge is 0.219 e. The van der Waals surface area contributed by atoms with Gasteiger partial charge < -0.3 is 0 Å². The first kappa shape index (κ1) is 11.8. The van der Waals surface area contributed by atoms with Crippen molar-refractivity contribution in [3.05, 3.63) is 5.01 Å². The molecular formula is C10H19N5S. The average molecular weight is 241 g/mol. The van der Waals surface area contributed by atoms with E-state index in [0.29, 0.717) is 11.0 Å². The average Bonchev–Trinajstić information content (AvgIpc) is 2.98. The number of aromatic nitrogens is 2. The van der Waals surface area contributed by atoms with Crippen LogP contribution in [0.4, 0.5) is 5.13 Å². The van der Waals surface area contributed by atoms with Gasteiger partial charge in [-0.2, -0.15) is 0 Å². The maximum atomic E-state index is 5.29. The summed E-state index contributed by atoms with van der Waals surface area (Å²) in [6, 6.07) is 0.764. The molecule has 1 aromatic heterocycles. The van der Waals surface area contributed by atoms with Crippen LogP contribution in [0.1, 0.15) is 31.7 Å². The Balaban J connectivity index is 1.93. The van der Waals surface area contributed by atoms with E-state index >= 15 is 0 Å². The van der Waals surface area contributed by atoms with E-state index in [9.17, 15) is 0 Å². The highest BCUT2D eigenvalue weighted by Gasteiger charge is 2.29. The lowest BCUT2D eigenvalue weighted by molar-refractivity contribution is 0.225. The number of nitrogens with one attached hydrogen (secondary N) is 1. The van der Waals surface area contributed by atoms with E-state index in [1.807, 2.05) is 0 Å². The molecule has 0 amide bonds. The third kappa shape index (κ3) is 3.13. The van der Waals surface area contributed by atoms with Gasteiger partial charge in [-0.05, 0) is 18.8 Å². The van der Waals surface area contributed by atoms with Crippen molar-refractivity contribution in [1.29, 1.82) is 0 Å². The van der Waals surface area contributed by atoms with Crippen LogP contribution in [-0.4, -0.2) is 27.7 Å². The van der Waals surface area contributed by atoms with Gasteiger partial charge in [0.25, 0.3) is 0 Å². The van der Waals surface area contributed by atoms with E-state index in [-0.39, 0.29) is 0 Å². The van der Waals surface area contributed by atoms with Crippen molar-refractivity contribution in [2.24, 2.45) is 11.8 Å². The maximum absolute atomic E-state index is 5.29. The predicted molar refractivity (Wildman–Crippen MR) is 66.0 cm³/mol. The molecule has 0 bridgehead atoms. The van der Waals surface area contributed by atoms with Crippen molar-refractivity contribution in [3.63, 3.8) is 0 Å². The number of nitrogen functional groups attached to an aromatic ring is 1. The van der Waals surface area contributed by atoms with Gasteiger partial charge in [-0.3, -0.25) is 10.3 Å². The van der Waals surface area contributed by atoms with Gasteiger partial charge in [0.15, 0.2) is 0 Å². The summed E-state index contributed by atoms with van der Waals surface area (Å²) in [5.74, 6) is 5.99. The number of nitrogens with two attached hydrogens (primary N) is 1. The fraction of sp³-hybridized carbons (Fsp3) is 0.800. The zero-order chi connectivity index (χ0) is 11.5. The highest BCUT2D eigenvalue weighted by Crippen LogP contribution is 2.29. The molecule has 0 aromatic carbocycles. The highest BCUT2D eigenvalue weighted by atomic mass is 32.1. The molecule has 0 unspecified atom stereocenters.